The molecule has 0 aliphatic heterocycles. The fourth-order valence-electron chi connectivity index (χ4n) is 0. The molecule has 0 aromatic carbocycles. The SMILES string of the molecule is C=C[N-]C. The Kier molecular flexibility index (Phi) is 2.25. The molecule has 0 spiro atoms. The van der Waals surface area contributed by atoms with Gasteiger partial charge >= 0.3 is 0 Å². The average Bonchev–Trinajstić information content (AvgIpc) is 1.37. The second kappa shape index (κ2) is 2.54. The molecule has 0 saturated heterocycles. The number of nitrogens with zero attached hydrogens (tertiary/aromatic N) is 1. The van der Waals surface area contributed by atoms with Gasteiger partial charge in [-0.3, -0.25) is 0 Å². The predicted molar refractivity (Wildman–Crippen MR) is 19.5 cm³/mol. The Labute approximate surface area is 26.3 Å². The smallest absolute Gasteiger partial charge is 0.121 e. The monoisotopic (exact) mass is 56.1 g/mol. The predicted octanol–water partition coefficient (Wildman–Crippen LogP) is 1.13. The standard InChI is InChI=1S/C3H6N/c1-3-4-2/h3H,1H2,2H3/q-1. The first kappa shape index (κ1) is 3.54. The Morgan fingerprint density at radius 2 is 2.25 bits per heavy atom. The Bertz CT molecular complexity index is 17.2. The van der Waals surface area contributed by atoms with Crippen molar-refractivity contribution in [2.75, 3.05) is 7.05 Å². The van der Waals surface area contributed by atoms with Gasteiger partial charge in [0.25, 0.3) is 0 Å². The number of rotatable bonds is 1. The van der Waals surface area contributed by atoms with Gasteiger partial charge in [-0.05, 0) is 0 Å². The van der Waals surface area contributed by atoms with Crippen LogP contribution in [0.4, 0.5) is 0 Å². The molecule has 0 radical (unpaired) electrons. The summed E-state index contributed by atoms with van der Waals surface area (Å²) in [6.07, 6.45) is 1.50. The molecule has 0 atom stereocenters. The van der Waals surface area contributed by atoms with E-state index in [0.717, 1.165) is 0 Å². The van der Waals surface area contributed by atoms with Crippen molar-refractivity contribution in [3.63, 3.8) is 0 Å². The molecule has 24 valence electrons. The van der Waals surface area contributed by atoms with Crippen molar-refractivity contribution in [3.05, 3.63) is 18.1 Å². The summed E-state index contributed by atoms with van der Waals surface area (Å²) in [6, 6.07) is 0. The highest BCUT2D eigenvalue weighted by molar-refractivity contribution is 4.86. The average molecular weight is 56.1 g/mol. The molecule has 0 unspecified atom stereocenters. The van der Waals surface area contributed by atoms with E-state index in [1.807, 2.05) is 0 Å². The quantitative estimate of drug-likeness (QED) is 0.427. The van der Waals surface area contributed by atoms with E-state index in [-0.39, 0.29) is 0 Å². The van der Waals surface area contributed by atoms with Gasteiger partial charge in [0.1, 0.15) is 0 Å². The lowest BCUT2D eigenvalue weighted by Gasteiger charge is -1.93. The van der Waals surface area contributed by atoms with Crippen LogP contribution in [0.5, 0.6) is 0 Å². The molecule has 0 rings (SSSR count). The molecule has 0 amide bonds. The minimum Gasteiger partial charge on any atom is -0.694 e. The molecule has 0 aliphatic carbocycles. The van der Waals surface area contributed by atoms with Gasteiger partial charge in [0, 0.05) is 0 Å². The highest BCUT2D eigenvalue weighted by atomic mass is 14.8. The first-order valence-electron chi connectivity index (χ1n) is 1.11. The molecule has 0 fully saturated rings. The van der Waals surface area contributed by atoms with E-state index < -0.39 is 0 Å². The van der Waals surface area contributed by atoms with E-state index in [1.54, 1.807) is 7.05 Å². The van der Waals surface area contributed by atoms with Gasteiger partial charge in [-0.25, -0.2) is 0 Å². The van der Waals surface area contributed by atoms with Gasteiger partial charge in [-0.15, -0.1) is 13.6 Å². The van der Waals surface area contributed by atoms with E-state index in [1.165, 1.54) is 6.20 Å². The zero-order chi connectivity index (χ0) is 3.41. The van der Waals surface area contributed by atoms with Gasteiger partial charge in [0.15, 0.2) is 0 Å². The first-order valence-corrected chi connectivity index (χ1v) is 1.11. The zero-order valence-corrected chi connectivity index (χ0v) is 2.73. The van der Waals surface area contributed by atoms with Crippen LogP contribution >= 0.6 is 0 Å². The maximum atomic E-state index is 3.50. The van der Waals surface area contributed by atoms with Crippen molar-refractivity contribution in [2.45, 2.75) is 0 Å². The van der Waals surface area contributed by atoms with Crippen molar-refractivity contribution >= 4 is 0 Å². The lowest BCUT2D eigenvalue weighted by molar-refractivity contribution is 1.72. The van der Waals surface area contributed by atoms with Crippen molar-refractivity contribution in [1.29, 1.82) is 0 Å². The summed E-state index contributed by atoms with van der Waals surface area (Å²) in [5, 5.41) is 3.50. The second-order valence-electron chi connectivity index (χ2n) is 0.441. The minimum atomic E-state index is 1.50. The van der Waals surface area contributed by atoms with Crippen LogP contribution < -0.4 is 0 Å². The Balaban J connectivity index is 2.30. The fourth-order valence-corrected chi connectivity index (χ4v) is 0. The third-order valence-electron chi connectivity index (χ3n) is 0.183. The van der Waals surface area contributed by atoms with Crippen molar-refractivity contribution in [3.8, 4) is 0 Å². The lowest BCUT2D eigenvalue weighted by Crippen LogP contribution is -1.38. The molecule has 0 aliphatic rings. The summed E-state index contributed by atoms with van der Waals surface area (Å²) >= 11 is 0. The molecule has 0 bridgehead atoms. The summed E-state index contributed by atoms with van der Waals surface area (Å²) in [7, 11) is 1.69. The van der Waals surface area contributed by atoms with Gasteiger partial charge in [-0.1, -0.05) is 0 Å². The topological polar surface area (TPSA) is 14.1 Å². The highest BCUT2D eigenvalue weighted by Crippen LogP contribution is 1.67. The van der Waals surface area contributed by atoms with E-state index >= 15 is 0 Å². The van der Waals surface area contributed by atoms with Crippen LogP contribution in [0.3, 0.4) is 0 Å². The zero-order valence-electron chi connectivity index (χ0n) is 2.73. The van der Waals surface area contributed by atoms with E-state index in [0.29, 0.717) is 0 Å². The van der Waals surface area contributed by atoms with Crippen LogP contribution in [0.25, 0.3) is 5.32 Å². The molecule has 0 saturated carbocycles. The van der Waals surface area contributed by atoms with E-state index in [9.17, 15) is 0 Å². The summed E-state index contributed by atoms with van der Waals surface area (Å²) in [6.45, 7) is 3.31. The maximum Gasteiger partial charge on any atom is -0.121 e. The van der Waals surface area contributed by atoms with Gasteiger partial charge in [-0.2, -0.15) is 6.20 Å². The number of hydrogen-bond donors (Lipinski definition) is 0. The normalized spacial score (nSPS) is 5.25. The van der Waals surface area contributed by atoms with Crippen LogP contribution in [0.15, 0.2) is 12.8 Å². The van der Waals surface area contributed by atoms with Gasteiger partial charge in [0.2, 0.25) is 0 Å². The summed E-state index contributed by atoms with van der Waals surface area (Å²) in [4.78, 5) is 0. The first-order chi connectivity index (χ1) is 1.91. The van der Waals surface area contributed by atoms with Crippen LogP contribution in [-0.2, 0) is 0 Å². The molecular weight excluding hydrogens is 50.0 g/mol. The van der Waals surface area contributed by atoms with Crippen LogP contribution in [0, 0.1) is 0 Å². The summed E-state index contributed by atoms with van der Waals surface area (Å²) < 4.78 is 0. The van der Waals surface area contributed by atoms with Crippen LogP contribution in [0.1, 0.15) is 0 Å². The maximum absolute atomic E-state index is 3.50. The second-order valence-corrected chi connectivity index (χ2v) is 0.441. The Morgan fingerprint density at radius 3 is 2.25 bits per heavy atom. The third kappa shape index (κ3) is 1.54. The summed E-state index contributed by atoms with van der Waals surface area (Å²) in [5.74, 6) is 0. The molecule has 4 heavy (non-hydrogen) atoms. The molecule has 0 aromatic rings. The van der Waals surface area contributed by atoms with Gasteiger partial charge < -0.3 is 5.32 Å². The molecule has 0 aromatic heterocycles. The van der Waals surface area contributed by atoms with Crippen molar-refractivity contribution in [2.24, 2.45) is 0 Å². The Hall–Kier alpha value is -0.460. The lowest BCUT2D eigenvalue weighted by atomic mass is 11.0. The summed E-state index contributed by atoms with van der Waals surface area (Å²) in [5.41, 5.74) is 0. The molecule has 0 N–H and O–H groups in total. The fraction of sp³-hybridized carbons (Fsp3) is 0.333. The van der Waals surface area contributed by atoms with Gasteiger partial charge in [0.05, 0.1) is 0 Å². The van der Waals surface area contributed by atoms with Crippen molar-refractivity contribution < 1.29 is 0 Å². The van der Waals surface area contributed by atoms with Crippen molar-refractivity contribution in [1.82, 2.24) is 0 Å². The minimum absolute atomic E-state index is 1.50. The molecule has 1 nitrogen and oxygen atoms in total. The van der Waals surface area contributed by atoms with E-state index in [2.05, 4.69) is 11.9 Å². The largest absolute Gasteiger partial charge is 0.694 e. The Morgan fingerprint density at radius 1 is 2.00 bits per heavy atom. The molecular formula is C3H6N-. The highest BCUT2D eigenvalue weighted by Gasteiger charge is 1.15. The van der Waals surface area contributed by atoms with E-state index in [4.69, 9.17) is 0 Å². The third-order valence-corrected chi connectivity index (χ3v) is 0.183. The van der Waals surface area contributed by atoms with Crippen LogP contribution in [-0.4, -0.2) is 7.05 Å². The molecule has 1 heteroatoms. The number of hydrogen-bond acceptors (Lipinski definition) is 0. The molecule has 0 heterocycles. The van der Waals surface area contributed by atoms with Crippen LogP contribution in [0.2, 0.25) is 0 Å².